The topological polar surface area (TPSA) is 17.1 Å². The first kappa shape index (κ1) is 15.0. The molecule has 0 radical (unpaired) electrons. The molecule has 0 saturated heterocycles. The summed E-state index contributed by atoms with van der Waals surface area (Å²) >= 11 is 30.3. The van der Waals surface area contributed by atoms with Crippen molar-refractivity contribution in [3.05, 3.63) is 54.9 Å². The molecule has 1 nitrogen and oxygen atoms in total. The lowest BCUT2D eigenvalue weighted by atomic mass is 10.0. The Labute approximate surface area is 135 Å². The first-order valence-corrected chi connectivity index (χ1v) is 6.92. The highest BCUT2D eigenvalue weighted by Crippen LogP contribution is 2.44. The molecule has 6 heteroatoms. The summed E-state index contributed by atoms with van der Waals surface area (Å²) in [4.78, 5) is 10.7. The standard InChI is InChI=1S/C13H5Cl5O/c14-8-3-6(5-19)1-2-7(8)11-9(15)4-10(16)12(17)13(11)18/h1-5H. The van der Waals surface area contributed by atoms with Crippen molar-refractivity contribution in [2.24, 2.45) is 0 Å². The predicted octanol–water partition coefficient (Wildman–Crippen LogP) is 6.43. The third kappa shape index (κ3) is 2.86. The van der Waals surface area contributed by atoms with Crippen LogP contribution in [-0.4, -0.2) is 6.29 Å². The van der Waals surface area contributed by atoms with Crippen LogP contribution < -0.4 is 0 Å². The number of carbonyl (C=O) groups is 1. The van der Waals surface area contributed by atoms with Gasteiger partial charge in [0.15, 0.2) is 0 Å². The maximum absolute atomic E-state index is 10.7. The van der Waals surface area contributed by atoms with Gasteiger partial charge in [-0.3, -0.25) is 4.79 Å². The molecule has 2 rings (SSSR count). The number of carbonyl (C=O) groups excluding carboxylic acids is 1. The Hall–Kier alpha value is -0.440. The summed E-state index contributed by atoms with van der Waals surface area (Å²) in [6.07, 6.45) is 0.702. The molecule has 0 unspecified atom stereocenters. The van der Waals surface area contributed by atoms with Crippen LogP contribution in [0.2, 0.25) is 25.1 Å². The molecule has 0 fully saturated rings. The largest absolute Gasteiger partial charge is 0.298 e. The fourth-order valence-electron chi connectivity index (χ4n) is 1.62. The first-order chi connectivity index (χ1) is 8.95. The third-order valence-electron chi connectivity index (χ3n) is 2.51. The van der Waals surface area contributed by atoms with Crippen LogP contribution in [0, 0.1) is 0 Å². The third-order valence-corrected chi connectivity index (χ3v) is 4.39. The molecule has 0 aromatic heterocycles. The second-order valence-corrected chi connectivity index (χ2v) is 5.68. The van der Waals surface area contributed by atoms with Gasteiger partial charge in [-0.1, -0.05) is 70.1 Å². The van der Waals surface area contributed by atoms with Crippen molar-refractivity contribution in [2.75, 3.05) is 0 Å². The quantitative estimate of drug-likeness (QED) is 0.345. The number of aldehydes is 1. The van der Waals surface area contributed by atoms with E-state index in [1.54, 1.807) is 12.1 Å². The summed E-state index contributed by atoms with van der Waals surface area (Å²) in [6.45, 7) is 0. The Bertz CT molecular complexity index is 667. The normalized spacial score (nSPS) is 10.6. The van der Waals surface area contributed by atoms with Crippen molar-refractivity contribution in [2.45, 2.75) is 0 Å². The van der Waals surface area contributed by atoms with Crippen LogP contribution in [0.1, 0.15) is 10.4 Å². The van der Waals surface area contributed by atoms with E-state index >= 15 is 0 Å². The van der Waals surface area contributed by atoms with Gasteiger partial charge < -0.3 is 0 Å². The SMILES string of the molecule is O=Cc1ccc(-c2c(Cl)cc(Cl)c(Cl)c2Cl)c(Cl)c1. The second kappa shape index (κ2) is 5.90. The second-order valence-electron chi connectivity index (χ2n) is 3.70. The summed E-state index contributed by atoms with van der Waals surface area (Å²) in [6, 6.07) is 6.29. The molecule has 98 valence electrons. The molecule has 0 heterocycles. The van der Waals surface area contributed by atoms with Gasteiger partial charge in [0.1, 0.15) is 6.29 Å². The van der Waals surface area contributed by atoms with E-state index in [2.05, 4.69) is 0 Å². The summed E-state index contributed by atoms with van der Waals surface area (Å²) in [5, 5.41) is 1.38. The van der Waals surface area contributed by atoms with Crippen LogP contribution in [0.5, 0.6) is 0 Å². The maximum atomic E-state index is 10.7. The van der Waals surface area contributed by atoms with E-state index in [4.69, 9.17) is 58.0 Å². The van der Waals surface area contributed by atoms with E-state index in [-0.39, 0.29) is 15.1 Å². The zero-order valence-electron chi connectivity index (χ0n) is 9.18. The van der Waals surface area contributed by atoms with Gasteiger partial charge >= 0.3 is 0 Å². The summed E-state index contributed by atoms with van der Waals surface area (Å²) in [5.41, 5.74) is 1.53. The lowest BCUT2D eigenvalue weighted by Gasteiger charge is -2.12. The average molecular weight is 354 g/mol. The van der Waals surface area contributed by atoms with Crippen LogP contribution in [0.4, 0.5) is 0 Å². The minimum Gasteiger partial charge on any atom is -0.298 e. The van der Waals surface area contributed by atoms with Gasteiger partial charge in [0.2, 0.25) is 0 Å². The van der Waals surface area contributed by atoms with Gasteiger partial charge in [-0.2, -0.15) is 0 Å². The van der Waals surface area contributed by atoms with Crippen LogP contribution in [0.3, 0.4) is 0 Å². The van der Waals surface area contributed by atoms with Crippen LogP contribution >= 0.6 is 58.0 Å². The van der Waals surface area contributed by atoms with Gasteiger partial charge in [-0.05, 0) is 12.1 Å². The highest BCUT2D eigenvalue weighted by atomic mass is 35.5. The number of rotatable bonds is 2. The molecule has 0 aliphatic heterocycles. The molecule has 0 aliphatic rings. The summed E-state index contributed by atoms with van der Waals surface area (Å²) in [7, 11) is 0. The first-order valence-electron chi connectivity index (χ1n) is 5.03. The van der Waals surface area contributed by atoms with Crippen LogP contribution in [0.15, 0.2) is 24.3 Å². The highest BCUT2D eigenvalue weighted by molar-refractivity contribution is 6.51. The minimum absolute atomic E-state index is 0.207. The summed E-state index contributed by atoms with van der Waals surface area (Å²) < 4.78 is 0. The Morgan fingerprint density at radius 1 is 0.789 bits per heavy atom. The number of benzene rings is 2. The average Bonchev–Trinajstić information content (AvgIpc) is 2.38. The van der Waals surface area contributed by atoms with Crippen LogP contribution in [-0.2, 0) is 0 Å². The number of hydrogen-bond acceptors (Lipinski definition) is 1. The molecule has 2 aromatic carbocycles. The molecule has 0 N–H and O–H groups in total. The fraction of sp³-hybridized carbons (Fsp3) is 0. The number of hydrogen-bond donors (Lipinski definition) is 0. The van der Waals surface area contributed by atoms with Crippen molar-refractivity contribution in [3.8, 4) is 11.1 Å². The molecule has 19 heavy (non-hydrogen) atoms. The lowest BCUT2D eigenvalue weighted by molar-refractivity contribution is 0.112. The molecule has 0 amide bonds. The highest BCUT2D eigenvalue weighted by Gasteiger charge is 2.17. The maximum Gasteiger partial charge on any atom is 0.150 e. The zero-order valence-corrected chi connectivity index (χ0v) is 13.0. The molecule has 0 atom stereocenters. The molecule has 0 spiro atoms. The van der Waals surface area contributed by atoms with Gasteiger partial charge in [0.05, 0.1) is 20.1 Å². The predicted molar refractivity (Wildman–Crippen MR) is 82.3 cm³/mol. The van der Waals surface area contributed by atoms with Gasteiger partial charge in [0.25, 0.3) is 0 Å². The van der Waals surface area contributed by atoms with Crippen molar-refractivity contribution in [3.63, 3.8) is 0 Å². The van der Waals surface area contributed by atoms with E-state index in [0.29, 0.717) is 33.0 Å². The fourth-order valence-corrected chi connectivity index (χ4v) is 3.02. The summed E-state index contributed by atoms with van der Waals surface area (Å²) in [5.74, 6) is 0. The van der Waals surface area contributed by atoms with Gasteiger partial charge in [-0.25, -0.2) is 0 Å². The Morgan fingerprint density at radius 3 is 2.05 bits per heavy atom. The van der Waals surface area contributed by atoms with Crippen molar-refractivity contribution in [1.29, 1.82) is 0 Å². The molecule has 0 bridgehead atoms. The molecular formula is C13H5Cl5O. The van der Waals surface area contributed by atoms with E-state index in [0.717, 1.165) is 0 Å². The Kier molecular flexibility index (Phi) is 4.65. The van der Waals surface area contributed by atoms with E-state index in [1.807, 2.05) is 0 Å². The monoisotopic (exact) mass is 352 g/mol. The molecule has 0 aliphatic carbocycles. The lowest BCUT2D eigenvalue weighted by Crippen LogP contribution is -1.88. The smallest absolute Gasteiger partial charge is 0.150 e. The van der Waals surface area contributed by atoms with Crippen molar-refractivity contribution >= 4 is 64.3 Å². The zero-order chi connectivity index (χ0) is 14.2. The van der Waals surface area contributed by atoms with E-state index in [9.17, 15) is 4.79 Å². The minimum atomic E-state index is 0.207. The Balaban J connectivity index is 2.72. The van der Waals surface area contributed by atoms with E-state index < -0.39 is 0 Å². The number of halogens is 5. The van der Waals surface area contributed by atoms with Gasteiger partial charge in [0, 0.05) is 21.7 Å². The van der Waals surface area contributed by atoms with E-state index in [1.165, 1.54) is 12.1 Å². The Morgan fingerprint density at radius 2 is 1.47 bits per heavy atom. The van der Waals surface area contributed by atoms with Crippen molar-refractivity contribution < 1.29 is 4.79 Å². The molecule has 0 saturated carbocycles. The molecular weight excluding hydrogens is 349 g/mol. The van der Waals surface area contributed by atoms with Crippen molar-refractivity contribution in [1.82, 2.24) is 0 Å². The van der Waals surface area contributed by atoms with Gasteiger partial charge in [-0.15, -0.1) is 0 Å². The van der Waals surface area contributed by atoms with Crippen LogP contribution in [0.25, 0.3) is 11.1 Å². The molecule has 2 aromatic rings.